The first kappa shape index (κ1) is 13.2. The lowest BCUT2D eigenvalue weighted by molar-refractivity contribution is -0.118. The Labute approximate surface area is 99.2 Å². The summed E-state index contributed by atoms with van der Waals surface area (Å²) in [6, 6.07) is 4.00. The smallest absolute Gasteiger partial charge is 0.251 e. The zero-order valence-corrected chi connectivity index (χ0v) is 9.84. The summed E-state index contributed by atoms with van der Waals surface area (Å²) in [5, 5.41) is 5.20. The van der Waals surface area contributed by atoms with Crippen molar-refractivity contribution in [2.45, 2.75) is 13.8 Å². The Balaban J connectivity index is 2.50. The van der Waals surface area contributed by atoms with Crippen LogP contribution in [0.15, 0.2) is 18.2 Å². The van der Waals surface area contributed by atoms with E-state index in [1.165, 1.54) is 25.1 Å². The van der Waals surface area contributed by atoms with Crippen LogP contribution < -0.4 is 10.6 Å². The van der Waals surface area contributed by atoms with Crippen molar-refractivity contribution in [1.29, 1.82) is 0 Å². The molecule has 0 radical (unpaired) electrons. The standard InChI is InChI=1S/C12H15FN2O2/c1-8-7-10(13)3-4-11(8)12(17)15-6-5-14-9(2)16/h3-4,7H,5-6H2,1-2H3,(H,14,16)(H,15,17). The molecule has 0 aromatic heterocycles. The summed E-state index contributed by atoms with van der Waals surface area (Å²) < 4.78 is 12.8. The topological polar surface area (TPSA) is 58.2 Å². The summed E-state index contributed by atoms with van der Waals surface area (Å²) in [5.41, 5.74) is 1.02. The Kier molecular flexibility index (Phi) is 4.63. The molecule has 0 aliphatic heterocycles. The second-order valence-electron chi connectivity index (χ2n) is 3.70. The van der Waals surface area contributed by atoms with Crippen molar-refractivity contribution in [3.05, 3.63) is 35.1 Å². The van der Waals surface area contributed by atoms with Gasteiger partial charge in [-0.05, 0) is 30.7 Å². The van der Waals surface area contributed by atoms with Crippen LogP contribution in [0.3, 0.4) is 0 Å². The fourth-order valence-electron chi connectivity index (χ4n) is 1.39. The fourth-order valence-corrected chi connectivity index (χ4v) is 1.39. The third-order valence-electron chi connectivity index (χ3n) is 2.22. The van der Waals surface area contributed by atoms with Crippen LogP contribution in [0.2, 0.25) is 0 Å². The number of hydrogen-bond acceptors (Lipinski definition) is 2. The highest BCUT2D eigenvalue weighted by molar-refractivity contribution is 5.95. The van der Waals surface area contributed by atoms with E-state index in [1.54, 1.807) is 6.92 Å². The van der Waals surface area contributed by atoms with E-state index in [0.717, 1.165) is 0 Å². The van der Waals surface area contributed by atoms with Gasteiger partial charge >= 0.3 is 0 Å². The zero-order valence-electron chi connectivity index (χ0n) is 9.84. The molecule has 0 bridgehead atoms. The van der Waals surface area contributed by atoms with Crippen molar-refractivity contribution in [1.82, 2.24) is 10.6 Å². The maximum atomic E-state index is 12.8. The fraction of sp³-hybridized carbons (Fsp3) is 0.333. The molecular formula is C12H15FN2O2. The lowest BCUT2D eigenvalue weighted by atomic mass is 10.1. The van der Waals surface area contributed by atoms with Crippen LogP contribution in [-0.2, 0) is 4.79 Å². The number of aryl methyl sites for hydroxylation is 1. The molecule has 0 unspecified atom stereocenters. The summed E-state index contributed by atoms with van der Waals surface area (Å²) in [6.07, 6.45) is 0. The zero-order chi connectivity index (χ0) is 12.8. The molecule has 0 heterocycles. The highest BCUT2D eigenvalue weighted by Crippen LogP contribution is 2.09. The second kappa shape index (κ2) is 5.98. The lowest BCUT2D eigenvalue weighted by Gasteiger charge is -2.07. The lowest BCUT2D eigenvalue weighted by Crippen LogP contribution is -2.33. The molecule has 4 nitrogen and oxygen atoms in total. The van der Waals surface area contributed by atoms with Crippen molar-refractivity contribution < 1.29 is 14.0 Å². The van der Waals surface area contributed by atoms with Gasteiger partial charge in [0.1, 0.15) is 5.82 Å². The average Bonchev–Trinajstić information content (AvgIpc) is 2.23. The van der Waals surface area contributed by atoms with Gasteiger partial charge < -0.3 is 10.6 Å². The molecule has 92 valence electrons. The number of hydrogen-bond donors (Lipinski definition) is 2. The Bertz CT molecular complexity index is 433. The summed E-state index contributed by atoms with van der Waals surface area (Å²) in [7, 11) is 0. The third kappa shape index (κ3) is 4.22. The van der Waals surface area contributed by atoms with Crippen LogP contribution >= 0.6 is 0 Å². The number of rotatable bonds is 4. The first-order valence-electron chi connectivity index (χ1n) is 5.29. The van der Waals surface area contributed by atoms with Gasteiger partial charge in [-0.2, -0.15) is 0 Å². The van der Waals surface area contributed by atoms with E-state index in [4.69, 9.17) is 0 Å². The van der Waals surface area contributed by atoms with Gasteiger partial charge in [-0.1, -0.05) is 0 Å². The Morgan fingerprint density at radius 3 is 2.47 bits per heavy atom. The van der Waals surface area contributed by atoms with Crippen LogP contribution in [0.1, 0.15) is 22.8 Å². The van der Waals surface area contributed by atoms with Gasteiger partial charge in [-0.25, -0.2) is 4.39 Å². The Morgan fingerprint density at radius 1 is 1.24 bits per heavy atom. The molecule has 1 aromatic rings. The molecular weight excluding hydrogens is 223 g/mol. The predicted molar refractivity (Wildman–Crippen MR) is 62.2 cm³/mol. The van der Waals surface area contributed by atoms with Crippen molar-refractivity contribution >= 4 is 11.8 Å². The number of carbonyl (C=O) groups excluding carboxylic acids is 2. The van der Waals surface area contributed by atoms with Crippen LogP contribution in [0.4, 0.5) is 4.39 Å². The van der Waals surface area contributed by atoms with Gasteiger partial charge in [0, 0.05) is 25.6 Å². The maximum absolute atomic E-state index is 12.8. The predicted octanol–water partition coefficient (Wildman–Crippen LogP) is 1.00. The van der Waals surface area contributed by atoms with E-state index in [2.05, 4.69) is 10.6 Å². The molecule has 0 fully saturated rings. The van der Waals surface area contributed by atoms with Crippen LogP contribution in [0.25, 0.3) is 0 Å². The minimum Gasteiger partial charge on any atom is -0.355 e. The molecule has 1 rings (SSSR count). The highest BCUT2D eigenvalue weighted by atomic mass is 19.1. The minimum absolute atomic E-state index is 0.141. The van der Waals surface area contributed by atoms with E-state index < -0.39 is 0 Å². The minimum atomic E-state index is -0.364. The number of amides is 2. The van der Waals surface area contributed by atoms with E-state index in [9.17, 15) is 14.0 Å². The molecule has 0 atom stereocenters. The largest absolute Gasteiger partial charge is 0.355 e. The highest BCUT2D eigenvalue weighted by Gasteiger charge is 2.08. The molecule has 0 aliphatic carbocycles. The number of carbonyl (C=O) groups is 2. The summed E-state index contributed by atoms with van der Waals surface area (Å²) in [6.45, 7) is 3.80. The molecule has 0 spiro atoms. The molecule has 0 saturated heterocycles. The Morgan fingerprint density at radius 2 is 1.88 bits per heavy atom. The quantitative estimate of drug-likeness (QED) is 0.769. The molecule has 1 aromatic carbocycles. The molecule has 0 saturated carbocycles. The van der Waals surface area contributed by atoms with E-state index in [1.807, 2.05) is 0 Å². The van der Waals surface area contributed by atoms with Gasteiger partial charge in [0.15, 0.2) is 0 Å². The van der Waals surface area contributed by atoms with E-state index in [-0.39, 0.29) is 17.6 Å². The van der Waals surface area contributed by atoms with Gasteiger partial charge in [-0.3, -0.25) is 9.59 Å². The number of halogens is 1. The van der Waals surface area contributed by atoms with Crippen molar-refractivity contribution in [2.24, 2.45) is 0 Å². The van der Waals surface area contributed by atoms with Crippen LogP contribution in [0, 0.1) is 12.7 Å². The number of nitrogens with one attached hydrogen (secondary N) is 2. The van der Waals surface area contributed by atoms with E-state index in [0.29, 0.717) is 24.2 Å². The van der Waals surface area contributed by atoms with Gasteiger partial charge in [-0.15, -0.1) is 0 Å². The molecule has 2 amide bonds. The second-order valence-corrected chi connectivity index (χ2v) is 3.70. The van der Waals surface area contributed by atoms with Gasteiger partial charge in [0.25, 0.3) is 5.91 Å². The van der Waals surface area contributed by atoms with Crippen LogP contribution in [0.5, 0.6) is 0 Å². The SMILES string of the molecule is CC(=O)NCCNC(=O)c1ccc(F)cc1C. The van der Waals surface area contributed by atoms with Crippen molar-refractivity contribution in [3.8, 4) is 0 Å². The number of benzene rings is 1. The van der Waals surface area contributed by atoms with Gasteiger partial charge in [0.2, 0.25) is 5.91 Å². The van der Waals surface area contributed by atoms with Crippen LogP contribution in [-0.4, -0.2) is 24.9 Å². The summed E-state index contributed by atoms with van der Waals surface area (Å²) in [4.78, 5) is 22.3. The first-order valence-corrected chi connectivity index (χ1v) is 5.29. The molecule has 5 heteroatoms. The third-order valence-corrected chi connectivity index (χ3v) is 2.22. The monoisotopic (exact) mass is 238 g/mol. The first-order chi connectivity index (χ1) is 8.00. The molecule has 0 aliphatic rings. The van der Waals surface area contributed by atoms with E-state index >= 15 is 0 Å². The Hall–Kier alpha value is -1.91. The normalized spacial score (nSPS) is 9.82. The molecule has 2 N–H and O–H groups in total. The average molecular weight is 238 g/mol. The maximum Gasteiger partial charge on any atom is 0.251 e. The van der Waals surface area contributed by atoms with Crippen molar-refractivity contribution in [3.63, 3.8) is 0 Å². The molecule has 17 heavy (non-hydrogen) atoms. The van der Waals surface area contributed by atoms with Crippen molar-refractivity contribution in [2.75, 3.05) is 13.1 Å². The summed E-state index contributed by atoms with van der Waals surface area (Å²) >= 11 is 0. The summed E-state index contributed by atoms with van der Waals surface area (Å²) in [5.74, 6) is -0.776. The van der Waals surface area contributed by atoms with Gasteiger partial charge in [0.05, 0.1) is 0 Å².